The van der Waals surface area contributed by atoms with E-state index < -0.39 is 35.3 Å². The Balaban J connectivity index is 1.88. The van der Waals surface area contributed by atoms with Crippen molar-refractivity contribution in [2.24, 2.45) is 5.14 Å². The van der Waals surface area contributed by atoms with Crippen LogP contribution in [0.15, 0.2) is 6.33 Å². The number of fused-ring (bicyclic) bond motifs is 1. The Kier molecular flexibility index (Phi) is 4.27. The lowest BCUT2D eigenvalue weighted by molar-refractivity contribution is -0.0414. The molecule has 2 aromatic rings. The molecule has 1 fully saturated rings. The minimum absolute atomic E-state index is 0.141. The molecule has 1 saturated heterocycles. The molecule has 0 bridgehead atoms. The molecule has 0 amide bonds. The first-order valence-corrected chi connectivity index (χ1v) is 8.30. The van der Waals surface area contributed by atoms with Crippen LogP contribution >= 0.6 is 0 Å². The van der Waals surface area contributed by atoms with E-state index in [-0.39, 0.29) is 18.1 Å². The van der Waals surface area contributed by atoms with E-state index in [2.05, 4.69) is 19.2 Å². The zero-order valence-electron chi connectivity index (χ0n) is 12.6. The predicted molar refractivity (Wildman–Crippen MR) is 79.9 cm³/mol. The van der Waals surface area contributed by atoms with Crippen LogP contribution in [0.25, 0.3) is 11.0 Å². The van der Waals surface area contributed by atoms with Crippen LogP contribution in [0, 0.1) is 0 Å². The van der Waals surface area contributed by atoms with Gasteiger partial charge in [-0.15, -0.1) is 5.10 Å². The zero-order chi connectivity index (χ0) is 17.5. The van der Waals surface area contributed by atoms with Crippen LogP contribution in [-0.2, 0) is 19.2 Å². The third-order valence-electron chi connectivity index (χ3n) is 3.55. The van der Waals surface area contributed by atoms with Crippen LogP contribution in [0.5, 0.6) is 5.88 Å². The highest BCUT2D eigenvalue weighted by Crippen LogP contribution is 2.34. The maximum absolute atomic E-state index is 10.9. The molecular formula is C11H16N6O6S. The summed E-state index contributed by atoms with van der Waals surface area (Å²) in [6, 6.07) is 0. The van der Waals surface area contributed by atoms with Crippen molar-refractivity contribution >= 4 is 27.2 Å². The Hall–Kier alpha value is -2.06. The van der Waals surface area contributed by atoms with E-state index in [0.29, 0.717) is 11.0 Å². The molecule has 12 nitrogen and oxygen atoms in total. The van der Waals surface area contributed by atoms with Gasteiger partial charge < -0.3 is 20.3 Å². The van der Waals surface area contributed by atoms with Gasteiger partial charge in [-0.05, 0) is 0 Å². The van der Waals surface area contributed by atoms with Crippen molar-refractivity contribution in [3.05, 3.63) is 6.33 Å². The van der Waals surface area contributed by atoms with Crippen LogP contribution in [0.4, 0.5) is 5.82 Å². The molecule has 13 heteroatoms. The van der Waals surface area contributed by atoms with Crippen LogP contribution in [-0.4, -0.2) is 59.2 Å². The van der Waals surface area contributed by atoms with Crippen LogP contribution in [0.3, 0.4) is 0 Å². The summed E-state index contributed by atoms with van der Waals surface area (Å²) in [6.07, 6.45) is -1.17. The van der Waals surface area contributed by atoms with Gasteiger partial charge in [-0.1, -0.05) is 0 Å². The van der Waals surface area contributed by atoms with Crippen molar-refractivity contribution in [2.45, 2.75) is 24.9 Å². The number of ether oxygens (including phenoxy) is 2. The van der Waals surface area contributed by atoms with Gasteiger partial charge >= 0.3 is 10.3 Å². The second-order valence-corrected chi connectivity index (χ2v) is 6.34. The van der Waals surface area contributed by atoms with Crippen LogP contribution in [0.1, 0.15) is 12.6 Å². The van der Waals surface area contributed by atoms with Gasteiger partial charge in [0.05, 0.1) is 19.8 Å². The molecule has 132 valence electrons. The van der Waals surface area contributed by atoms with E-state index in [9.17, 15) is 13.5 Å². The molecule has 0 saturated carbocycles. The molecule has 3 rings (SSSR count). The van der Waals surface area contributed by atoms with Gasteiger partial charge in [0.15, 0.2) is 11.9 Å². The number of rotatable bonds is 5. The maximum atomic E-state index is 10.9. The number of aromatic nitrogens is 4. The molecule has 0 unspecified atom stereocenters. The summed E-state index contributed by atoms with van der Waals surface area (Å²) in [7, 11) is -2.71. The lowest BCUT2D eigenvalue weighted by atomic mass is 10.2. The number of methoxy groups -OCH3 is 1. The van der Waals surface area contributed by atoms with E-state index in [4.69, 9.17) is 20.3 Å². The van der Waals surface area contributed by atoms with Crippen molar-refractivity contribution < 1.29 is 27.2 Å². The van der Waals surface area contributed by atoms with Crippen molar-refractivity contribution in [2.75, 3.05) is 19.5 Å². The average Bonchev–Trinajstić information content (AvgIpc) is 3.06. The van der Waals surface area contributed by atoms with Crippen molar-refractivity contribution in [3.8, 4) is 5.88 Å². The molecule has 3 atom stereocenters. The fourth-order valence-electron chi connectivity index (χ4n) is 2.48. The second-order valence-electron chi connectivity index (χ2n) is 5.12. The predicted octanol–water partition coefficient (Wildman–Crippen LogP) is -1.71. The van der Waals surface area contributed by atoms with Crippen LogP contribution in [0.2, 0.25) is 0 Å². The SMILES string of the molecule is COc1nn([C@H]2C[C@H](O)[C@@H](COS(N)(=O)=O)O2)c2ncnc(N)c12. The molecular weight excluding hydrogens is 344 g/mol. The standard InChI is InChI=1S/C11H16N6O6S/c1-21-11-8-9(12)14-4-15-10(8)17(16-11)7-2-5(18)6(23-7)3-22-24(13,19)20/h4-7,18H,2-3H2,1H3,(H2,12,14,15)(H2,13,19,20)/t5-,6+,7+/m0/s1. The van der Waals surface area contributed by atoms with Gasteiger partial charge in [0.2, 0.25) is 5.88 Å². The number of anilines is 1. The lowest BCUT2D eigenvalue weighted by Crippen LogP contribution is -2.30. The fraction of sp³-hybridized carbons (Fsp3) is 0.545. The minimum atomic E-state index is -4.13. The smallest absolute Gasteiger partial charge is 0.333 e. The second kappa shape index (κ2) is 6.10. The van der Waals surface area contributed by atoms with Crippen molar-refractivity contribution in [1.29, 1.82) is 0 Å². The number of nitrogen functional groups attached to an aromatic ring is 1. The number of aliphatic hydroxyl groups is 1. The molecule has 0 spiro atoms. The van der Waals surface area contributed by atoms with Crippen molar-refractivity contribution in [1.82, 2.24) is 19.7 Å². The highest BCUT2D eigenvalue weighted by atomic mass is 32.2. The van der Waals surface area contributed by atoms with Gasteiger partial charge in [-0.3, -0.25) is 4.18 Å². The molecule has 0 aromatic carbocycles. The summed E-state index contributed by atoms with van der Waals surface area (Å²) in [5, 5.41) is 19.4. The van der Waals surface area contributed by atoms with E-state index in [1.165, 1.54) is 18.1 Å². The first-order valence-electron chi connectivity index (χ1n) is 6.83. The fourth-order valence-corrected chi connectivity index (χ4v) is 2.81. The Morgan fingerprint density at radius 1 is 1.50 bits per heavy atom. The lowest BCUT2D eigenvalue weighted by Gasteiger charge is -2.14. The largest absolute Gasteiger partial charge is 0.479 e. The van der Waals surface area contributed by atoms with E-state index in [0.717, 1.165) is 0 Å². The topological polar surface area (TPSA) is 178 Å². The molecule has 0 aliphatic carbocycles. The van der Waals surface area contributed by atoms with Gasteiger partial charge in [0.25, 0.3) is 0 Å². The highest BCUT2D eigenvalue weighted by molar-refractivity contribution is 7.84. The summed E-state index contributed by atoms with van der Waals surface area (Å²) in [6.45, 7) is -0.413. The number of nitrogens with two attached hydrogens (primary N) is 2. The monoisotopic (exact) mass is 360 g/mol. The van der Waals surface area contributed by atoms with Gasteiger partial charge in [0.1, 0.15) is 23.6 Å². The van der Waals surface area contributed by atoms with Crippen LogP contribution < -0.4 is 15.6 Å². The maximum Gasteiger partial charge on any atom is 0.333 e. The first-order chi connectivity index (χ1) is 11.3. The third kappa shape index (κ3) is 3.11. The van der Waals surface area contributed by atoms with Gasteiger partial charge in [-0.2, -0.15) is 8.42 Å². The summed E-state index contributed by atoms with van der Waals surface area (Å²) >= 11 is 0. The molecule has 1 aliphatic heterocycles. The third-order valence-corrected chi connectivity index (χ3v) is 4.02. The summed E-state index contributed by atoms with van der Waals surface area (Å²) in [4.78, 5) is 8.00. The number of hydrogen-bond donors (Lipinski definition) is 3. The molecule has 0 radical (unpaired) electrons. The minimum Gasteiger partial charge on any atom is -0.479 e. The van der Waals surface area contributed by atoms with E-state index in [1.807, 2.05) is 0 Å². The number of nitrogens with zero attached hydrogens (tertiary/aromatic N) is 4. The number of aliphatic hydroxyl groups excluding tert-OH is 1. The van der Waals surface area contributed by atoms with E-state index in [1.54, 1.807) is 0 Å². The summed E-state index contributed by atoms with van der Waals surface area (Å²) in [5.74, 6) is 0.404. The van der Waals surface area contributed by atoms with Gasteiger partial charge in [-0.25, -0.2) is 19.8 Å². The molecule has 5 N–H and O–H groups in total. The first kappa shape index (κ1) is 16.8. The average molecular weight is 360 g/mol. The Labute approximate surface area is 136 Å². The molecule has 24 heavy (non-hydrogen) atoms. The van der Waals surface area contributed by atoms with E-state index >= 15 is 0 Å². The quantitative estimate of drug-likeness (QED) is 0.555. The normalized spacial score (nSPS) is 24.5. The molecule has 1 aliphatic rings. The summed E-state index contributed by atoms with van der Waals surface area (Å²) in [5.41, 5.74) is 6.18. The molecule has 3 heterocycles. The van der Waals surface area contributed by atoms with Gasteiger partial charge in [0, 0.05) is 6.42 Å². The highest BCUT2D eigenvalue weighted by Gasteiger charge is 2.38. The van der Waals surface area contributed by atoms with Crippen molar-refractivity contribution in [3.63, 3.8) is 0 Å². The number of hydrogen-bond acceptors (Lipinski definition) is 10. The Morgan fingerprint density at radius 3 is 2.92 bits per heavy atom. The Morgan fingerprint density at radius 2 is 2.25 bits per heavy atom. The zero-order valence-corrected chi connectivity index (χ0v) is 13.4. The summed E-state index contributed by atoms with van der Waals surface area (Å²) < 4.78 is 38.3. The Bertz CT molecular complexity index is 854. The molecule has 2 aromatic heterocycles.